The molecule has 3 aromatic rings. The number of benzene rings is 2. The minimum Gasteiger partial charge on any atom is -0.496 e. The molecular weight excluding hydrogens is 424 g/mol. The third-order valence-corrected chi connectivity index (χ3v) is 4.72. The predicted molar refractivity (Wildman–Crippen MR) is 106 cm³/mol. The van der Waals surface area contributed by atoms with Crippen molar-refractivity contribution < 1.29 is 22.3 Å². The first-order valence-corrected chi connectivity index (χ1v) is 9.30. The topological polar surface area (TPSA) is 51.1 Å². The second-order valence-corrected chi connectivity index (χ2v) is 6.71. The molecule has 10 heteroatoms. The number of nitrogens with one attached hydrogen (secondary N) is 2. The minimum atomic E-state index is -3.06. The average molecular weight is 443 g/mol. The highest BCUT2D eigenvalue weighted by Gasteiger charge is 2.28. The normalized spacial score (nSPS) is 11.3. The third-order valence-electron chi connectivity index (χ3n) is 4.33. The van der Waals surface area contributed by atoms with Gasteiger partial charge < -0.3 is 10.2 Å². The summed E-state index contributed by atoms with van der Waals surface area (Å²) >= 11 is 5.72. The molecule has 5 nitrogen and oxygen atoms in total. The van der Waals surface area contributed by atoms with Crippen LogP contribution < -0.4 is 15.6 Å². The fourth-order valence-electron chi connectivity index (χ4n) is 2.94. The lowest BCUT2D eigenvalue weighted by atomic mass is 10.1. The van der Waals surface area contributed by atoms with Gasteiger partial charge >= 0.3 is 0 Å². The molecule has 0 saturated carbocycles. The molecule has 0 radical (unpaired) electrons. The monoisotopic (exact) mass is 442 g/mol. The highest BCUT2D eigenvalue weighted by atomic mass is 35.5. The van der Waals surface area contributed by atoms with E-state index in [2.05, 4.69) is 16.0 Å². The van der Waals surface area contributed by atoms with E-state index in [1.807, 2.05) is 30.3 Å². The SMILES string of the molecule is COc1ccc(CNNc2ccccc2)cc1Cn1nc(C(F)F)c(Cl)c1C(F)F. The minimum absolute atomic E-state index is 0.199. The average Bonchev–Trinajstić information content (AvgIpc) is 3.05. The van der Waals surface area contributed by atoms with Crippen molar-refractivity contribution in [3.05, 3.63) is 76.1 Å². The number of nitrogens with zero attached hydrogens (tertiary/aromatic N) is 2. The number of rotatable bonds is 9. The molecule has 0 atom stereocenters. The predicted octanol–water partition coefficient (Wildman–Crippen LogP) is 5.59. The van der Waals surface area contributed by atoms with Gasteiger partial charge in [-0.1, -0.05) is 35.9 Å². The van der Waals surface area contributed by atoms with E-state index in [4.69, 9.17) is 16.3 Å². The number of methoxy groups -OCH3 is 1. The van der Waals surface area contributed by atoms with Gasteiger partial charge in [0.05, 0.1) is 18.7 Å². The largest absolute Gasteiger partial charge is 0.496 e. The molecule has 0 saturated heterocycles. The summed E-state index contributed by atoms with van der Waals surface area (Å²) in [6.45, 7) is 0.213. The molecule has 2 N–H and O–H groups in total. The first-order valence-electron chi connectivity index (χ1n) is 8.92. The van der Waals surface area contributed by atoms with E-state index in [0.29, 0.717) is 17.9 Å². The summed E-state index contributed by atoms with van der Waals surface area (Å²) < 4.78 is 59.1. The number of para-hydroxylation sites is 1. The van der Waals surface area contributed by atoms with Gasteiger partial charge in [-0.3, -0.25) is 4.68 Å². The summed E-state index contributed by atoms with van der Waals surface area (Å²) in [5.74, 6) is 0.417. The van der Waals surface area contributed by atoms with Crippen molar-refractivity contribution in [2.75, 3.05) is 12.5 Å². The van der Waals surface area contributed by atoms with Crippen LogP contribution in [0.1, 0.15) is 35.4 Å². The van der Waals surface area contributed by atoms with Gasteiger partial charge in [0.25, 0.3) is 12.9 Å². The molecular formula is C20H19ClF4N4O. The van der Waals surface area contributed by atoms with Crippen LogP contribution in [0, 0.1) is 0 Å². The van der Waals surface area contributed by atoms with Crippen molar-refractivity contribution >= 4 is 17.3 Å². The molecule has 0 aliphatic heterocycles. The molecule has 0 spiro atoms. The van der Waals surface area contributed by atoms with Crippen molar-refractivity contribution in [3.8, 4) is 5.75 Å². The zero-order valence-corrected chi connectivity index (χ0v) is 16.6. The Morgan fingerprint density at radius 1 is 1.07 bits per heavy atom. The molecule has 0 bridgehead atoms. The van der Waals surface area contributed by atoms with Gasteiger partial charge in [0.2, 0.25) is 0 Å². The number of halogens is 5. The van der Waals surface area contributed by atoms with Gasteiger partial charge in [-0.15, -0.1) is 0 Å². The molecule has 1 heterocycles. The number of anilines is 1. The summed E-state index contributed by atoms with van der Waals surface area (Å²) in [7, 11) is 1.43. The Bertz CT molecular complexity index is 982. The van der Waals surface area contributed by atoms with E-state index < -0.39 is 29.3 Å². The van der Waals surface area contributed by atoms with Crippen LogP contribution in [0.5, 0.6) is 5.75 Å². The molecule has 0 unspecified atom stereocenters. The maximum Gasteiger partial charge on any atom is 0.283 e. The lowest BCUT2D eigenvalue weighted by Gasteiger charge is -2.14. The highest BCUT2D eigenvalue weighted by molar-refractivity contribution is 6.32. The van der Waals surface area contributed by atoms with Crippen LogP contribution in [-0.2, 0) is 13.1 Å². The standard InChI is InChI=1S/C20H19ClF4N4O/c1-30-15-8-7-12(10-26-27-14-5-3-2-4-6-14)9-13(15)11-29-18(20(24)25)16(21)17(28-29)19(22)23/h2-9,19-20,26-27H,10-11H2,1H3. The molecule has 0 aliphatic rings. The molecule has 30 heavy (non-hydrogen) atoms. The van der Waals surface area contributed by atoms with Gasteiger partial charge in [-0.05, 0) is 29.8 Å². The summed E-state index contributed by atoms with van der Waals surface area (Å²) in [5.41, 5.74) is 6.67. The van der Waals surface area contributed by atoms with Crippen molar-refractivity contribution in [3.63, 3.8) is 0 Å². The summed E-state index contributed by atoms with van der Waals surface area (Å²) in [6.07, 6.45) is -6.11. The Morgan fingerprint density at radius 2 is 1.80 bits per heavy atom. The van der Waals surface area contributed by atoms with E-state index in [-0.39, 0.29) is 6.54 Å². The fraction of sp³-hybridized carbons (Fsp3) is 0.250. The molecule has 3 rings (SSSR count). The first-order chi connectivity index (χ1) is 14.4. The molecule has 0 aliphatic carbocycles. The number of ether oxygens (including phenoxy) is 1. The fourth-order valence-corrected chi connectivity index (χ4v) is 3.24. The van der Waals surface area contributed by atoms with Gasteiger partial charge in [0.1, 0.15) is 17.1 Å². The molecule has 2 aromatic carbocycles. The summed E-state index contributed by atoms with van der Waals surface area (Å²) in [6, 6.07) is 14.7. The zero-order chi connectivity index (χ0) is 21.7. The Kier molecular flexibility index (Phi) is 7.17. The second-order valence-electron chi connectivity index (χ2n) is 6.33. The van der Waals surface area contributed by atoms with E-state index in [9.17, 15) is 17.6 Å². The van der Waals surface area contributed by atoms with Crippen LogP contribution in [0.4, 0.5) is 23.2 Å². The van der Waals surface area contributed by atoms with Gasteiger partial charge in [0, 0.05) is 17.8 Å². The van der Waals surface area contributed by atoms with Crippen LogP contribution in [0.25, 0.3) is 0 Å². The number of hydrogen-bond acceptors (Lipinski definition) is 4. The number of aromatic nitrogens is 2. The molecule has 0 amide bonds. The van der Waals surface area contributed by atoms with Crippen LogP contribution in [-0.4, -0.2) is 16.9 Å². The Hall–Kier alpha value is -2.78. The number of alkyl halides is 4. The van der Waals surface area contributed by atoms with E-state index in [1.165, 1.54) is 7.11 Å². The van der Waals surface area contributed by atoms with Crippen LogP contribution in [0.2, 0.25) is 5.02 Å². The third kappa shape index (κ3) is 5.03. The lowest BCUT2D eigenvalue weighted by Crippen LogP contribution is -2.21. The highest BCUT2D eigenvalue weighted by Crippen LogP contribution is 2.35. The van der Waals surface area contributed by atoms with Crippen molar-refractivity contribution in [2.45, 2.75) is 25.9 Å². The number of hydrogen-bond donors (Lipinski definition) is 2. The molecule has 160 valence electrons. The quantitative estimate of drug-likeness (QED) is 0.335. The molecule has 1 aromatic heterocycles. The Balaban J connectivity index is 1.81. The second kappa shape index (κ2) is 9.82. The maximum absolute atomic E-state index is 13.4. The number of hydrazine groups is 1. The van der Waals surface area contributed by atoms with Crippen LogP contribution in [0.15, 0.2) is 48.5 Å². The van der Waals surface area contributed by atoms with Crippen molar-refractivity contribution in [1.82, 2.24) is 15.2 Å². The summed E-state index contributed by atoms with van der Waals surface area (Å²) in [5, 5.41) is 2.89. The summed E-state index contributed by atoms with van der Waals surface area (Å²) in [4.78, 5) is 0. The van der Waals surface area contributed by atoms with Crippen molar-refractivity contribution in [2.24, 2.45) is 0 Å². The smallest absolute Gasteiger partial charge is 0.283 e. The van der Waals surface area contributed by atoms with Gasteiger partial charge in [-0.2, -0.15) is 5.10 Å². The van der Waals surface area contributed by atoms with Gasteiger partial charge in [0.15, 0.2) is 0 Å². The van der Waals surface area contributed by atoms with Gasteiger partial charge in [-0.25, -0.2) is 23.0 Å². The Morgan fingerprint density at radius 3 is 2.43 bits per heavy atom. The van der Waals surface area contributed by atoms with Crippen LogP contribution >= 0.6 is 11.6 Å². The molecule has 0 fully saturated rings. The van der Waals surface area contributed by atoms with E-state index in [0.717, 1.165) is 15.9 Å². The van der Waals surface area contributed by atoms with Crippen molar-refractivity contribution in [1.29, 1.82) is 0 Å². The zero-order valence-electron chi connectivity index (χ0n) is 15.9. The van der Waals surface area contributed by atoms with E-state index >= 15 is 0 Å². The Labute approximate surface area is 175 Å². The van der Waals surface area contributed by atoms with E-state index in [1.54, 1.807) is 18.2 Å². The first kappa shape index (κ1) is 21.9. The van der Waals surface area contributed by atoms with Crippen LogP contribution in [0.3, 0.4) is 0 Å². The maximum atomic E-state index is 13.4. The lowest BCUT2D eigenvalue weighted by molar-refractivity contribution is 0.139.